The number of carbonyl (C=O) groups is 1. The van der Waals surface area contributed by atoms with E-state index in [1.807, 2.05) is 12.1 Å². The van der Waals surface area contributed by atoms with Crippen LogP contribution in [0.5, 0.6) is 0 Å². The zero-order valence-electron chi connectivity index (χ0n) is 11.9. The fourth-order valence-electron chi connectivity index (χ4n) is 1.70. The highest BCUT2D eigenvalue weighted by atomic mass is 16.5. The number of hydrogen-bond acceptors (Lipinski definition) is 4. The molecule has 0 aliphatic heterocycles. The van der Waals surface area contributed by atoms with Crippen molar-refractivity contribution in [2.75, 3.05) is 33.5 Å². The topological polar surface area (TPSA) is 67.8 Å². The molecular weight excluding hydrogens is 258 g/mol. The van der Waals surface area contributed by atoms with E-state index in [1.165, 1.54) is 0 Å². The Kier molecular flexibility index (Phi) is 8.62. The number of rotatable bonds is 11. The summed E-state index contributed by atoms with van der Waals surface area (Å²) >= 11 is 0. The van der Waals surface area contributed by atoms with Gasteiger partial charge < -0.3 is 19.9 Å². The number of ether oxygens (including phenoxy) is 2. The van der Waals surface area contributed by atoms with Crippen LogP contribution >= 0.6 is 0 Å². The van der Waals surface area contributed by atoms with E-state index in [4.69, 9.17) is 14.6 Å². The number of carboxylic acids is 1. The summed E-state index contributed by atoms with van der Waals surface area (Å²) in [7, 11) is 1.66. The summed E-state index contributed by atoms with van der Waals surface area (Å²) in [6, 6.07) is 6.93. The molecule has 1 rings (SSSR count). The Hall–Kier alpha value is -1.43. The molecule has 112 valence electrons. The molecule has 5 nitrogen and oxygen atoms in total. The molecule has 0 heterocycles. The molecular formula is C15H23NO4. The van der Waals surface area contributed by atoms with E-state index in [9.17, 15) is 4.79 Å². The summed E-state index contributed by atoms with van der Waals surface area (Å²) < 4.78 is 10.3. The Labute approximate surface area is 119 Å². The highest BCUT2D eigenvalue weighted by molar-refractivity contribution is 5.87. The minimum absolute atomic E-state index is 0.321. The summed E-state index contributed by atoms with van der Waals surface area (Å²) in [4.78, 5) is 10.7. The molecule has 5 heteroatoms. The number of aromatic carboxylic acids is 1. The van der Waals surface area contributed by atoms with Crippen LogP contribution in [0.25, 0.3) is 0 Å². The monoisotopic (exact) mass is 281 g/mol. The first kappa shape index (κ1) is 16.6. The van der Waals surface area contributed by atoms with Crippen LogP contribution in [0.1, 0.15) is 28.8 Å². The number of benzene rings is 1. The van der Waals surface area contributed by atoms with Crippen molar-refractivity contribution >= 4 is 5.97 Å². The number of nitrogens with one attached hydrogen (secondary N) is 1. The highest BCUT2D eigenvalue weighted by Crippen LogP contribution is 2.04. The lowest BCUT2D eigenvalue weighted by Gasteiger charge is -2.06. The largest absolute Gasteiger partial charge is 0.478 e. The molecule has 20 heavy (non-hydrogen) atoms. The molecule has 0 fully saturated rings. The summed E-state index contributed by atoms with van der Waals surface area (Å²) in [6.45, 7) is 3.74. The fraction of sp³-hybridized carbons (Fsp3) is 0.533. The molecule has 0 saturated carbocycles. The lowest BCUT2D eigenvalue weighted by molar-refractivity contribution is 0.0688. The molecule has 1 aromatic rings. The number of methoxy groups -OCH3 is 1. The summed E-state index contributed by atoms with van der Waals surface area (Å²) in [5.41, 5.74) is 1.41. The maximum absolute atomic E-state index is 10.7. The van der Waals surface area contributed by atoms with E-state index in [2.05, 4.69) is 5.32 Å². The van der Waals surface area contributed by atoms with Crippen LogP contribution in [0.2, 0.25) is 0 Å². The van der Waals surface area contributed by atoms with Gasteiger partial charge in [-0.2, -0.15) is 0 Å². The van der Waals surface area contributed by atoms with Crippen LogP contribution in [0.15, 0.2) is 24.3 Å². The maximum atomic E-state index is 10.7. The molecule has 0 amide bonds. The van der Waals surface area contributed by atoms with Crippen LogP contribution < -0.4 is 5.32 Å². The predicted octanol–water partition coefficient (Wildman–Crippen LogP) is 1.92. The van der Waals surface area contributed by atoms with Crippen molar-refractivity contribution in [1.29, 1.82) is 0 Å². The molecule has 0 aliphatic rings. The van der Waals surface area contributed by atoms with Crippen molar-refractivity contribution in [3.05, 3.63) is 35.4 Å². The van der Waals surface area contributed by atoms with Gasteiger partial charge in [-0.3, -0.25) is 0 Å². The molecule has 0 aliphatic carbocycles. The third-order valence-electron chi connectivity index (χ3n) is 2.85. The second-order valence-corrected chi connectivity index (χ2v) is 4.49. The van der Waals surface area contributed by atoms with E-state index < -0.39 is 5.97 Å². The van der Waals surface area contributed by atoms with Gasteiger partial charge >= 0.3 is 5.97 Å². The minimum Gasteiger partial charge on any atom is -0.478 e. The van der Waals surface area contributed by atoms with Crippen molar-refractivity contribution in [2.24, 2.45) is 0 Å². The summed E-state index contributed by atoms with van der Waals surface area (Å²) in [5, 5.41) is 12.1. The third-order valence-corrected chi connectivity index (χ3v) is 2.85. The molecule has 0 radical (unpaired) electrons. The van der Waals surface area contributed by atoms with Gasteiger partial charge in [-0.25, -0.2) is 4.79 Å². The first-order valence-electron chi connectivity index (χ1n) is 6.83. The van der Waals surface area contributed by atoms with Gasteiger partial charge in [-0.1, -0.05) is 12.1 Å². The summed E-state index contributed by atoms with van der Waals surface area (Å²) in [6.07, 6.45) is 2.08. The third kappa shape index (κ3) is 7.23. The quantitative estimate of drug-likeness (QED) is 0.607. The Morgan fingerprint density at radius 1 is 1.15 bits per heavy atom. The predicted molar refractivity (Wildman–Crippen MR) is 77.0 cm³/mol. The minimum atomic E-state index is -0.891. The Morgan fingerprint density at radius 3 is 2.55 bits per heavy atom. The lowest BCUT2D eigenvalue weighted by atomic mass is 10.1. The Morgan fingerprint density at radius 2 is 1.90 bits per heavy atom. The van der Waals surface area contributed by atoms with Crippen LogP contribution in [-0.2, 0) is 16.0 Å². The number of unbranched alkanes of at least 4 members (excludes halogenated alkanes) is 1. The van der Waals surface area contributed by atoms with E-state index >= 15 is 0 Å². The fourth-order valence-corrected chi connectivity index (χ4v) is 1.70. The van der Waals surface area contributed by atoms with Crippen LogP contribution in [0, 0.1) is 0 Å². The highest BCUT2D eigenvalue weighted by Gasteiger charge is 2.01. The Bertz CT molecular complexity index is 378. The average Bonchev–Trinajstić information content (AvgIpc) is 2.46. The van der Waals surface area contributed by atoms with E-state index in [0.717, 1.165) is 38.1 Å². The maximum Gasteiger partial charge on any atom is 0.335 e. The molecule has 1 aromatic carbocycles. The van der Waals surface area contributed by atoms with Gasteiger partial charge in [-0.15, -0.1) is 0 Å². The van der Waals surface area contributed by atoms with Crippen molar-refractivity contribution in [3.8, 4) is 0 Å². The summed E-state index contributed by atoms with van der Waals surface area (Å²) in [5.74, 6) is -0.891. The normalized spacial score (nSPS) is 10.7. The Balaban J connectivity index is 2.02. The molecule has 0 unspecified atom stereocenters. The van der Waals surface area contributed by atoms with Gasteiger partial charge in [0.05, 0.1) is 18.8 Å². The van der Waals surface area contributed by atoms with Crippen molar-refractivity contribution in [1.82, 2.24) is 5.32 Å². The molecule has 0 atom stereocenters. The van der Waals surface area contributed by atoms with Gasteiger partial charge in [0.1, 0.15) is 0 Å². The van der Waals surface area contributed by atoms with Gasteiger partial charge in [0.25, 0.3) is 0 Å². The first-order valence-corrected chi connectivity index (χ1v) is 6.83. The first-order chi connectivity index (χ1) is 9.74. The second kappa shape index (κ2) is 10.4. The molecule has 2 N–H and O–H groups in total. The van der Waals surface area contributed by atoms with E-state index in [0.29, 0.717) is 18.8 Å². The van der Waals surface area contributed by atoms with E-state index in [1.54, 1.807) is 19.2 Å². The molecule has 0 spiro atoms. The number of hydrogen-bond donors (Lipinski definition) is 2. The van der Waals surface area contributed by atoms with Gasteiger partial charge in [0.15, 0.2) is 0 Å². The van der Waals surface area contributed by atoms with Crippen molar-refractivity contribution in [2.45, 2.75) is 19.4 Å². The lowest BCUT2D eigenvalue weighted by Crippen LogP contribution is -2.15. The standard InChI is InChI=1S/C15H23NO4/c1-19-10-11-20-9-3-2-8-16-12-13-4-6-14(7-5-13)15(17)18/h4-7,16H,2-3,8-12H2,1H3,(H,17,18). The van der Waals surface area contributed by atoms with Crippen molar-refractivity contribution in [3.63, 3.8) is 0 Å². The van der Waals surface area contributed by atoms with Crippen LogP contribution in [0.4, 0.5) is 0 Å². The van der Waals surface area contributed by atoms with Crippen LogP contribution in [-0.4, -0.2) is 44.6 Å². The second-order valence-electron chi connectivity index (χ2n) is 4.49. The SMILES string of the molecule is COCCOCCCCNCc1ccc(C(=O)O)cc1. The molecule has 0 saturated heterocycles. The zero-order chi connectivity index (χ0) is 14.6. The molecule has 0 aromatic heterocycles. The average molecular weight is 281 g/mol. The number of carboxylic acid groups (broad SMARTS) is 1. The zero-order valence-corrected chi connectivity index (χ0v) is 11.9. The van der Waals surface area contributed by atoms with Gasteiger partial charge in [0, 0.05) is 20.3 Å². The smallest absolute Gasteiger partial charge is 0.335 e. The van der Waals surface area contributed by atoms with E-state index in [-0.39, 0.29) is 0 Å². The van der Waals surface area contributed by atoms with Gasteiger partial charge in [-0.05, 0) is 37.1 Å². The van der Waals surface area contributed by atoms with Crippen molar-refractivity contribution < 1.29 is 19.4 Å². The molecule has 0 bridgehead atoms. The van der Waals surface area contributed by atoms with Crippen LogP contribution in [0.3, 0.4) is 0 Å². The van der Waals surface area contributed by atoms with Gasteiger partial charge in [0.2, 0.25) is 0 Å².